The number of fused-ring (bicyclic) bond motifs is 1. The Morgan fingerprint density at radius 3 is 2.66 bits per heavy atom. The highest BCUT2D eigenvalue weighted by Crippen LogP contribution is 2.38. The molecule has 9 heteroatoms. The number of carbonyl (C=O) groups excluding carboxylic acids is 1. The summed E-state index contributed by atoms with van der Waals surface area (Å²) in [5.41, 5.74) is 2.00. The molecule has 0 fully saturated rings. The van der Waals surface area contributed by atoms with Crippen LogP contribution in [0.2, 0.25) is 5.02 Å². The Labute approximate surface area is 194 Å². The minimum Gasteiger partial charge on any atom is -0.493 e. The number of halogens is 1. The molecule has 1 atom stereocenters. The molecule has 0 saturated carbocycles. The van der Waals surface area contributed by atoms with Crippen LogP contribution in [0.4, 0.5) is 5.82 Å². The lowest BCUT2D eigenvalue weighted by Crippen LogP contribution is -2.31. The molecular formula is C23H22ClN3O4S. The lowest BCUT2D eigenvalue weighted by Gasteiger charge is -2.25. The van der Waals surface area contributed by atoms with Crippen molar-refractivity contribution in [2.75, 3.05) is 19.0 Å². The molecule has 166 valence electrons. The van der Waals surface area contributed by atoms with Gasteiger partial charge in [0.2, 0.25) is 5.91 Å². The lowest BCUT2D eigenvalue weighted by atomic mass is 9.86. The fourth-order valence-corrected chi connectivity index (χ4v) is 4.56. The number of thioether (sulfide) groups is 1. The minimum absolute atomic E-state index is 0.146. The number of methoxy groups -OCH3 is 1. The van der Waals surface area contributed by atoms with Gasteiger partial charge in [-0.2, -0.15) is 0 Å². The maximum Gasteiger partial charge on any atom is 0.257 e. The Morgan fingerprint density at radius 2 is 1.94 bits per heavy atom. The van der Waals surface area contributed by atoms with Gasteiger partial charge in [0.15, 0.2) is 16.7 Å². The van der Waals surface area contributed by atoms with E-state index >= 15 is 0 Å². The lowest BCUT2D eigenvalue weighted by molar-refractivity contribution is -0.116. The van der Waals surface area contributed by atoms with Crippen molar-refractivity contribution in [1.29, 1.82) is 0 Å². The van der Waals surface area contributed by atoms with Crippen LogP contribution in [0, 0.1) is 0 Å². The van der Waals surface area contributed by atoms with Crippen molar-refractivity contribution in [3.63, 3.8) is 0 Å². The van der Waals surface area contributed by atoms with E-state index in [1.165, 1.54) is 11.8 Å². The van der Waals surface area contributed by atoms with Gasteiger partial charge in [-0.05, 0) is 42.3 Å². The van der Waals surface area contributed by atoms with E-state index in [0.717, 1.165) is 11.1 Å². The Hall–Kier alpha value is -2.97. The Morgan fingerprint density at radius 1 is 1.16 bits per heavy atom. The predicted octanol–water partition coefficient (Wildman–Crippen LogP) is 4.60. The number of hydrogen-bond donors (Lipinski definition) is 2. The first-order chi connectivity index (χ1) is 15.5. The topological polar surface area (TPSA) is 93.3 Å². The van der Waals surface area contributed by atoms with Gasteiger partial charge in [-0.1, -0.05) is 41.6 Å². The first kappa shape index (κ1) is 22.2. The van der Waals surface area contributed by atoms with Gasteiger partial charge in [0, 0.05) is 23.1 Å². The second-order valence-electron chi connectivity index (χ2n) is 7.20. The summed E-state index contributed by atoms with van der Waals surface area (Å²) in [5, 5.41) is 3.86. The van der Waals surface area contributed by atoms with Gasteiger partial charge >= 0.3 is 0 Å². The number of aromatic amines is 1. The molecule has 1 amide bonds. The first-order valence-electron chi connectivity index (χ1n) is 10.1. The van der Waals surface area contributed by atoms with Crippen LogP contribution >= 0.6 is 23.4 Å². The third kappa shape index (κ3) is 4.76. The second kappa shape index (κ2) is 9.67. The summed E-state index contributed by atoms with van der Waals surface area (Å²) in [6, 6.07) is 12.9. The third-order valence-electron chi connectivity index (χ3n) is 5.11. The number of aromatic nitrogens is 2. The van der Waals surface area contributed by atoms with E-state index in [9.17, 15) is 9.59 Å². The highest BCUT2D eigenvalue weighted by Gasteiger charge is 2.31. The molecule has 0 radical (unpaired) electrons. The molecule has 0 bridgehead atoms. The van der Waals surface area contributed by atoms with Crippen LogP contribution in [0.15, 0.2) is 52.4 Å². The van der Waals surface area contributed by atoms with Crippen molar-refractivity contribution >= 4 is 35.1 Å². The average Bonchev–Trinajstić information content (AvgIpc) is 2.78. The van der Waals surface area contributed by atoms with Crippen molar-refractivity contribution < 1.29 is 14.3 Å². The highest BCUT2D eigenvalue weighted by molar-refractivity contribution is 7.98. The van der Waals surface area contributed by atoms with E-state index in [-0.39, 0.29) is 17.9 Å². The zero-order chi connectivity index (χ0) is 22.7. The molecule has 0 aliphatic carbocycles. The minimum atomic E-state index is -0.435. The zero-order valence-electron chi connectivity index (χ0n) is 17.6. The van der Waals surface area contributed by atoms with Gasteiger partial charge in [-0.15, -0.1) is 0 Å². The molecule has 2 N–H and O–H groups in total. The van der Waals surface area contributed by atoms with Crippen LogP contribution < -0.4 is 20.3 Å². The Bertz CT molecular complexity index is 1200. The van der Waals surface area contributed by atoms with Gasteiger partial charge in [0.1, 0.15) is 5.82 Å². The van der Waals surface area contributed by atoms with Crippen molar-refractivity contribution in [3.8, 4) is 11.5 Å². The average molecular weight is 472 g/mol. The van der Waals surface area contributed by atoms with E-state index in [0.29, 0.717) is 45.4 Å². The number of nitrogens with zero attached hydrogens (tertiary/aromatic N) is 1. The number of benzene rings is 2. The van der Waals surface area contributed by atoms with E-state index < -0.39 is 5.92 Å². The summed E-state index contributed by atoms with van der Waals surface area (Å²) in [6.07, 6.45) is 0.146. The number of carbonyl (C=O) groups is 1. The van der Waals surface area contributed by atoms with Crippen molar-refractivity contribution in [1.82, 2.24) is 9.97 Å². The molecule has 32 heavy (non-hydrogen) atoms. The quantitative estimate of drug-likeness (QED) is 0.386. The summed E-state index contributed by atoms with van der Waals surface area (Å²) in [4.78, 5) is 32.8. The van der Waals surface area contributed by atoms with Gasteiger partial charge < -0.3 is 19.8 Å². The predicted molar refractivity (Wildman–Crippen MR) is 125 cm³/mol. The van der Waals surface area contributed by atoms with E-state index in [4.69, 9.17) is 21.1 Å². The Balaban J connectivity index is 1.65. The molecule has 1 aliphatic rings. The van der Waals surface area contributed by atoms with Crippen LogP contribution in [-0.2, 0) is 10.5 Å². The molecule has 0 saturated heterocycles. The van der Waals surface area contributed by atoms with Crippen LogP contribution in [-0.4, -0.2) is 29.6 Å². The van der Waals surface area contributed by atoms with Crippen molar-refractivity contribution in [3.05, 3.63) is 74.5 Å². The van der Waals surface area contributed by atoms with Crippen LogP contribution in [0.25, 0.3) is 0 Å². The highest BCUT2D eigenvalue weighted by atomic mass is 35.5. The second-order valence-corrected chi connectivity index (χ2v) is 8.60. The number of nitrogens with one attached hydrogen (secondary N) is 2. The molecule has 1 aliphatic heterocycles. The molecule has 2 aromatic carbocycles. The monoisotopic (exact) mass is 471 g/mol. The summed E-state index contributed by atoms with van der Waals surface area (Å²) in [7, 11) is 1.57. The van der Waals surface area contributed by atoms with Gasteiger partial charge in [-0.25, -0.2) is 4.98 Å². The van der Waals surface area contributed by atoms with E-state index in [2.05, 4.69) is 15.3 Å². The molecule has 4 rings (SSSR count). The summed E-state index contributed by atoms with van der Waals surface area (Å²) < 4.78 is 11.0. The maximum atomic E-state index is 13.0. The number of hydrogen-bond acceptors (Lipinski definition) is 6. The maximum absolute atomic E-state index is 13.0. The fourth-order valence-electron chi connectivity index (χ4n) is 3.61. The molecule has 2 heterocycles. The van der Waals surface area contributed by atoms with Gasteiger partial charge in [0.25, 0.3) is 5.56 Å². The fraction of sp³-hybridized carbons (Fsp3) is 0.261. The molecule has 0 spiro atoms. The molecule has 7 nitrogen and oxygen atoms in total. The number of rotatable bonds is 7. The smallest absolute Gasteiger partial charge is 0.257 e. The first-order valence-corrected chi connectivity index (χ1v) is 11.5. The van der Waals surface area contributed by atoms with Crippen LogP contribution in [0.5, 0.6) is 11.5 Å². The number of anilines is 1. The van der Waals surface area contributed by atoms with E-state index in [1.807, 2.05) is 43.3 Å². The zero-order valence-corrected chi connectivity index (χ0v) is 19.2. The molecule has 1 aromatic heterocycles. The standard InChI is InChI=1S/C23H22ClN3O4S/c1-3-31-18-10-14(6-9-17(18)30-2)16-11-19(28)25-21-20(16)22(29)27-23(26-21)32-12-13-4-7-15(24)8-5-13/h4-10,16H,3,11-12H2,1-2H3,(H2,25,26,27,28,29). The number of ether oxygens (including phenoxy) is 2. The Kier molecular flexibility index (Phi) is 6.72. The van der Waals surface area contributed by atoms with Crippen molar-refractivity contribution in [2.24, 2.45) is 0 Å². The summed E-state index contributed by atoms with van der Waals surface area (Å²) >= 11 is 7.31. The molecular weight excluding hydrogens is 450 g/mol. The summed E-state index contributed by atoms with van der Waals surface area (Å²) in [6.45, 7) is 2.35. The largest absolute Gasteiger partial charge is 0.493 e. The van der Waals surface area contributed by atoms with Crippen LogP contribution in [0.3, 0.4) is 0 Å². The van der Waals surface area contributed by atoms with Crippen LogP contribution in [0.1, 0.15) is 36.0 Å². The molecule has 3 aromatic rings. The van der Waals surface area contributed by atoms with Gasteiger partial charge in [-0.3, -0.25) is 9.59 Å². The SMILES string of the molecule is CCOc1cc(C2CC(=O)Nc3nc(SCc4ccc(Cl)cc4)[nH]c(=O)c32)ccc1OC. The summed E-state index contributed by atoms with van der Waals surface area (Å²) in [5.74, 6) is 1.43. The van der Waals surface area contributed by atoms with Gasteiger partial charge in [0.05, 0.1) is 19.3 Å². The normalized spacial score (nSPS) is 15.1. The number of H-pyrrole nitrogens is 1. The number of amides is 1. The molecule has 1 unspecified atom stereocenters. The van der Waals surface area contributed by atoms with Crippen molar-refractivity contribution in [2.45, 2.75) is 30.2 Å². The third-order valence-corrected chi connectivity index (χ3v) is 6.30. The van der Waals surface area contributed by atoms with E-state index in [1.54, 1.807) is 13.2 Å².